The van der Waals surface area contributed by atoms with E-state index < -0.39 is 12.0 Å². The van der Waals surface area contributed by atoms with Gasteiger partial charge in [0.1, 0.15) is 11.9 Å². The summed E-state index contributed by atoms with van der Waals surface area (Å²) < 4.78 is 1.94. The van der Waals surface area contributed by atoms with Crippen LogP contribution in [0.25, 0.3) is 0 Å². The molecule has 1 heterocycles. The Balaban J connectivity index is 2.40. The Kier molecular flexibility index (Phi) is 4.49. The number of aryl methyl sites for hydroxylation is 1. The van der Waals surface area contributed by atoms with Crippen molar-refractivity contribution in [2.45, 2.75) is 26.3 Å². The molecule has 0 saturated carbocycles. The van der Waals surface area contributed by atoms with E-state index in [4.69, 9.17) is 5.11 Å². The normalized spacial score (nSPS) is 13.0. The first kappa shape index (κ1) is 12.7. The van der Waals surface area contributed by atoms with Crippen LogP contribution in [0, 0.1) is 5.92 Å². The molecule has 0 radical (unpaired) electrons. The van der Waals surface area contributed by atoms with Crippen molar-refractivity contribution in [1.82, 2.24) is 14.9 Å². The summed E-state index contributed by atoms with van der Waals surface area (Å²) in [5.41, 5.74) is 0. The van der Waals surface area contributed by atoms with Gasteiger partial charge >= 0.3 is 5.97 Å². The van der Waals surface area contributed by atoms with Crippen molar-refractivity contribution in [2.75, 3.05) is 6.54 Å². The molecule has 90 valence electrons. The lowest BCUT2D eigenvalue weighted by Gasteiger charge is -2.17. The van der Waals surface area contributed by atoms with Crippen molar-refractivity contribution in [2.24, 2.45) is 13.0 Å². The van der Waals surface area contributed by atoms with Crippen LogP contribution in [0.1, 0.15) is 19.7 Å². The molecule has 2 N–H and O–H groups in total. The lowest BCUT2D eigenvalue weighted by atomic mass is 10.0. The fraction of sp³-hybridized carbons (Fsp3) is 0.636. The maximum absolute atomic E-state index is 10.9. The summed E-state index contributed by atoms with van der Waals surface area (Å²) in [7, 11) is 1.93. The Morgan fingerprint density at radius 1 is 1.62 bits per heavy atom. The number of carbonyl (C=O) groups is 1. The van der Waals surface area contributed by atoms with Crippen molar-refractivity contribution < 1.29 is 9.90 Å². The lowest BCUT2D eigenvalue weighted by molar-refractivity contribution is -0.140. The Morgan fingerprint density at radius 3 is 2.75 bits per heavy atom. The van der Waals surface area contributed by atoms with Crippen LogP contribution in [0.5, 0.6) is 0 Å². The van der Waals surface area contributed by atoms with Gasteiger partial charge in [0, 0.05) is 32.4 Å². The van der Waals surface area contributed by atoms with Gasteiger partial charge in [0.25, 0.3) is 0 Å². The number of nitrogens with one attached hydrogen (secondary N) is 1. The molecule has 0 aliphatic rings. The van der Waals surface area contributed by atoms with Gasteiger partial charge in [-0.25, -0.2) is 4.98 Å². The minimum Gasteiger partial charge on any atom is -0.480 e. The number of carboxylic acid groups (broad SMARTS) is 1. The molecule has 0 saturated heterocycles. The monoisotopic (exact) mass is 225 g/mol. The average molecular weight is 225 g/mol. The molecule has 0 fully saturated rings. The van der Waals surface area contributed by atoms with Crippen LogP contribution in [0.4, 0.5) is 0 Å². The molecule has 0 spiro atoms. The van der Waals surface area contributed by atoms with Crippen LogP contribution < -0.4 is 5.32 Å². The number of hydrogen-bond acceptors (Lipinski definition) is 3. The van der Waals surface area contributed by atoms with Gasteiger partial charge in [-0.2, -0.15) is 0 Å². The molecule has 0 aliphatic heterocycles. The van der Waals surface area contributed by atoms with Crippen molar-refractivity contribution in [1.29, 1.82) is 0 Å². The number of aromatic nitrogens is 2. The second kappa shape index (κ2) is 5.65. The number of aliphatic carboxylic acids is 1. The zero-order valence-electron chi connectivity index (χ0n) is 9.97. The van der Waals surface area contributed by atoms with Crippen LogP contribution in [0.3, 0.4) is 0 Å². The molecular weight excluding hydrogens is 206 g/mol. The fourth-order valence-electron chi connectivity index (χ4n) is 1.59. The van der Waals surface area contributed by atoms with Gasteiger partial charge in [0.15, 0.2) is 0 Å². The zero-order chi connectivity index (χ0) is 12.1. The summed E-state index contributed by atoms with van der Waals surface area (Å²) in [4.78, 5) is 15.1. The summed E-state index contributed by atoms with van der Waals surface area (Å²) in [5.74, 6) is 0.245. The molecule has 0 amide bonds. The molecule has 1 aromatic heterocycles. The average Bonchev–Trinajstić information content (AvgIpc) is 2.57. The predicted octanol–water partition coefficient (Wildman–Crippen LogP) is 0.661. The standard InChI is InChI=1S/C11H19N3O2/c1-8(2)10(11(15)16)13-5-4-9-12-6-7-14(9)3/h6-8,10,13H,4-5H2,1-3H3,(H,15,16). The number of imidazole rings is 1. The Hall–Kier alpha value is -1.36. The van der Waals surface area contributed by atoms with E-state index in [2.05, 4.69) is 10.3 Å². The first-order chi connectivity index (χ1) is 7.52. The van der Waals surface area contributed by atoms with E-state index in [0.717, 1.165) is 12.2 Å². The van der Waals surface area contributed by atoms with Crippen molar-refractivity contribution >= 4 is 5.97 Å². The van der Waals surface area contributed by atoms with Gasteiger partial charge in [0.2, 0.25) is 0 Å². The molecule has 5 nitrogen and oxygen atoms in total. The Morgan fingerprint density at radius 2 is 2.31 bits per heavy atom. The highest BCUT2D eigenvalue weighted by Crippen LogP contribution is 2.02. The molecule has 1 atom stereocenters. The highest BCUT2D eigenvalue weighted by molar-refractivity contribution is 5.73. The smallest absolute Gasteiger partial charge is 0.320 e. The van der Waals surface area contributed by atoms with Crippen molar-refractivity contribution in [3.8, 4) is 0 Å². The summed E-state index contributed by atoms with van der Waals surface area (Å²) in [5, 5.41) is 12.0. The van der Waals surface area contributed by atoms with Crippen molar-refractivity contribution in [3.63, 3.8) is 0 Å². The van der Waals surface area contributed by atoms with E-state index in [1.807, 2.05) is 31.7 Å². The fourth-order valence-corrected chi connectivity index (χ4v) is 1.59. The third kappa shape index (κ3) is 3.34. The van der Waals surface area contributed by atoms with Gasteiger partial charge in [-0.3, -0.25) is 4.79 Å². The second-order valence-electron chi connectivity index (χ2n) is 4.22. The van der Waals surface area contributed by atoms with E-state index in [1.165, 1.54) is 0 Å². The molecule has 5 heteroatoms. The number of carboxylic acids is 1. The quantitative estimate of drug-likeness (QED) is 0.746. The maximum Gasteiger partial charge on any atom is 0.320 e. The topological polar surface area (TPSA) is 67.2 Å². The predicted molar refractivity (Wildman–Crippen MR) is 61.2 cm³/mol. The van der Waals surface area contributed by atoms with Crippen LogP contribution in [0.15, 0.2) is 12.4 Å². The van der Waals surface area contributed by atoms with E-state index in [0.29, 0.717) is 6.54 Å². The minimum absolute atomic E-state index is 0.0823. The molecule has 0 bridgehead atoms. The number of nitrogens with zero attached hydrogens (tertiary/aromatic N) is 2. The number of hydrogen-bond donors (Lipinski definition) is 2. The molecule has 1 rings (SSSR count). The van der Waals surface area contributed by atoms with Crippen molar-refractivity contribution in [3.05, 3.63) is 18.2 Å². The Labute approximate surface area is 95.5 Å². The number of rotatable bonds is 6. The zero-order valence-corrected chi connectivity index (χ0v) is 9.97. The molecule has 1 aromatic rings. The Bertz CT molecular complexity index is 347. The maximum atomic E-state index is 10.9. The molecule has 1 unspecified atom stereocenters. The van der Waals surface area contributed by atoms with Crippen LogP contribution in [-0.4, -0.2) is 33.2 Å². The SMILES string of the molecule is CC(C)C(NCCc1nccn1C)C(=O)O. The summed E-state index contributed by atoms with van der Waals surface area (Å²) >= 11 is 0. The third-order valence-electron chi connectivity index (χ3n) is 2.57. The van der Waals surface area contributed by atoms with Gasteiger partial charge in [0.05, 0.1) is 0 Å². The highest BCUT2D eigenvalue weighted by atomic mass is 16.4. The molecule has 16 heavy (non-hydrogen) atoms. The minimum atomic E-state index is -0.796. The van der Waals surface area contributed by atoms with Gasteiger partial charge in [-0.15, -0.1) is 0 Å². The van der Waals surface area contributed by atoms with E-state index in [1.54, 1.807) is 6.20 Å². The molecule has 0 aromatic carbocycles. The molecular formula is C11H19N3O2. The summed E-state index contributed by atoms with van der Waals surface area (Å²) in [6.07, 6.45) is 4.36. The van der Waals surface area contributed by atoms with Gasteiger partial charge < -0.3 is 15.0 Å². The highest BCUT2D eigenvalue weighted by Gasteiger charge is 2.20. The van der Waals surface area contributed by atoms with Crippen LogP contribution >= 0.6 is 0 Å². The third-order valence-corrected chi connectivity index (χ3v) is 2.57. The van der Waals surface area contributed by atoms with E-state index in [-0.39, 0.29) is 5.92 Å². The first-order valence-corrected chi connectivity index (χ1v) is 5.44. The lowest BCUT2D eigenvalue weighted by Crippen LogP contribution is -2.41. The van der Waals surface area contributed by atoms with E-state index in [9.17, 15) is 4.79 Å². The summed E-state index contributed by atoms with van der Waals surface area (Å²) in [6, 6.07) is -0.486. The van der Waals surface area contributed by atoms with Gasteiger partial charge in [-0.05, 0) is 5.92 Å². The van der Waals surface area contributed by atoms with E-state index >= 15 is 0 Å². The first-order valence-electron chi connectivity index (χ1n) is 5.44. The molecule has 0 aliphatic carbocycles. The summed E-state index contributed by atoms with van der Waals surface area (Å²) in [6.45, 7) is 4.42. The van der Waals surface area contributed by atoms with Crippen LogP contribution in [-0.2, 0) is 18.3 Å². The largest absolute Gasteiger partial charge is 0.480 e. The second-order valence-corrected chi connectivity index (χ2v) is 4.22. The van der Waals surface area contributed by atoms with Crippen LogP contribution in [0.2, 0.25) is 0 Å². The van der Waals surface area contributed by atoms with Gasteiger partial charge in [-0.1, -0.05) is 13.8 Å².